The summed E-state index contributed by atoms with van der Waals surface area (Å²) in [4.78, 5) is 4.59. The molecule has 0 unspecified atom stereocenters. The molecule has 0 bridgehead atoms. The van der Waals surface area contributed by atoms with Gasteiger partial charge in [-0.3, -0.25) is 4.98 Å². The van der Waals surface area contributed by atoms with Gasteiger partial charge in [0.1, 0.15) is 0 Å². The molecule has 0 amide bonds. The molecule has 0 saturated carbocycles. The molecule has 1 aromatic heterocycles. The quantitative estimate of drug-likeness (QED) is 0.810. The van der Waals surface area contributed by atoms with Crippen molar-refractivity contribution in [2.75, 3.05) is 13.1 Å². The molecule has 1 fully saturated rings. The van der Waals surface area contributed by atoms with E-state index in [2.05, 4.69) is 41.5 Å². The van der Waals surface area contributed by atoms with Gasteiger partial charge in [-0.1, -0.05) is 12.1 Å². The van der Waals surface area contributed by atoms with Crippen LogP contribution in [0.5, 0.6) is 0 Å². The van der Waals surface area contributed by atoms with Gasteiger partial charge < -0.3 is 5.32 Å². The first-order valence-corrected chi connectivity index (χ1v) is 5.68. The molecule has 1 aliphatic heterocycles. The Hall–Kier alpha value is -0.860. The van der Waals surface area contributed by atoms with Crippen LogP contribution in [0.15, 0.2) is 24.3 Å². The number of hydrogen-bond acceptors (Lipinski definition) is 2. The van der Waals surface area contributed by atoms with Crippen molar-refractivity contribution >= 4 is 18.0 Å². The predicted molar refractivity (Wildman–Crippen MR) is 68.7 cm³/mol. The number of allylic oxidation sites excluding steroid dienone is 1. The van der Waals surface area contributed by atoms with Gasteiger partial charge in [0.15, 0.2) is 0 Å². The molecular weight excluding hydrogens is 220 g/mol. The molecule has 1 aromatic rings. The van der Waals surface area contributed by atoms with Gasteiger partial charge in [-0.2, -0.15) is 0 Å². The molecular formula is C13H17ClN2. The summed E-state index contributed by atoms with van der Waals surface area (Å²) < 4.78 is 0. The lowest BCUT2D eigenvalue weighted by atomic mass is 9.99. The summed E-state index contributed by atoms with van der Waals surface area (Å²) in [7, 11) is 0. The van der Waals surface area contributed by atoms with Crippen LogP contribution in [-0.4, -0.2) is 18.1 Å². The minimum Gasteiger partial charge on any atom is -0.316 e. The number of pyridine rings is 1. The van der Waals surface area contributed by atoms with Gasteiger partial charge in [-0.15, -0.1) is 12.4 Å². The van der Waals surface area contributed by atoms with E-state index >= 15 is 0 Å². The largest absolute Gasteiger partial charge is 0.316 e. The highest BCUT2D eigenvalue weighted by Gasteiger charge is 2.32. The van der Waals surface area contributed by atoms with E-state index in [1.807, 2.05) is 0 Å². The van der Waals surface area contributed by atoms with E-state index in [4.69, 9.17) is 0 Å². The van der Waals surface area contributed by atoms with Crippen LogP contribution in [0, 0.1) is 18.8 Å². The van der Waals surface area contributed by atoms with E-state index in [1.165, 1.54) is 24.2 Å². The average molecular weight is 237 g/mol. The molecule has 2 aliphatic rings. The standard InChI is InChI=1S/C13H16N2.ClH/c1-9-3-2-4-13(15-9)10-5-11-7-14-8-12(11)6-10;/h2-5,11-12,14H,6-8H2,1H3;1H/t11-,12+;/m1./s1. The Kier molecular flexibility index (Phi) is 3.31. The summed E-state index contributed by atoms with van der Waals surface area (Å²) in [5.74, 6) is 1.57. The molecule has 3 rings (SSSR count). The van der Waals surface area contributed by atoms with Crippen molar-refractivity contribution in [3.05, 3.63) is 35.7 Å². The van der Waals surface area contributed by atoms with Crippen molar-refractivity contribution in [1.82, 2.24) is 10.3 Å². The van der Waals surface area contributed by atoms with E-state index < -0.39 is 0 Å². The van der Waals surface area contributed by atoms with Crippen LogP contribution < -0.4 is 5.32 Å². The molecule has 16 heavy (non-hydrogen) atoms. The lowest BCUT2D eigenvalue weighted by Gasteiger charge is -2.06. The number of aromatic nitrogens is 1. The Morgan fingerprint density at radius 3 is 2.94 bits per heavy atom. The Balaban J connectivity index is 0.000000963. The Bertz CT molecular complexity index is 414. The van der Waals surface area contributed by atoms with Crippen molar-refractivity contribution in [2.24, 2.45) is 11.8 Å². The molecule has 2 atom stereocenters. The summed E-state index contributed by atoms with van der Waals surface area (Å²) in [6.45, 7) is 4.39. The fourth-order valence-corrected chi connectivity index (χ4v) is 2.69. The number of fused-ring (bicyclic) bond motifs is 1. The summed E-state index contributed by atoms with van der Waals surface area (Å²) >= 11 is 0. The third kappa shape index (κ3) is 2.00. The van der Waals surface area contributed by atoms with Gasteiger partial charge in [-0.25, -0.2) is 0 Å². The topological polar surface area (TPSA) is 24.9 Å². The molecule has 2 nitrogen and oxygen atoms in total. The first-order valence-electron chi connectivity index (χ1n) is 5.68. The van der Waals surface area contributed by atoms with Crippen molar-refractivity contribution in [3.63, 3.8) is 0 Å². The normalized spacial score (nSPS) is 27.2. The maximum absolute atomic E-state index is 4.59. The molecule has 1 aliphatic carbocycles. The van der Waals surface area contributed by atoms with Crippen LogP contribution in [0.2, 0.25) is 0 Å². The zero-order valence-electron chi connectivity index (χ0n) is 9.44. The SMILES string of the molecule is Cc1cccc(C2=C[C@@H]3CNC[C@@H]3C2)n1.Cl. The Morgan fingerprint density at radius 1 is 1.31 bits per heavy atom. The summed E-state index contributed by atoms with van der Waals surface area (Å²) in [5.41, 5.74) is 3.75. The van der Waals surface area contributed by atoms with Gasteiger partial charge in [-0.05, 0) is 49.4 Å². The summed E-state index contributed by atoms with van der Waals surface area (Å²) in [5, 5.41) is 3.44. The van der Waals surface area contributed by atoms with Crippen molar-refractivity contribution in [2.45, 2.75) is 13.3 Å². The molecule has 86 valence electrons. The first-order chi connectivity index (χ1) is 7.33. The van der Waals surface area contributed by atoms with Crippen molar-refractivity contribution < 1.29 is 0 Å². The van der Waals surface area contributed by atoms with E-state index in [9.17, 15) is 0 Å². The fourth-order valence-electron chi connectivity index (χ4n) is 2.69. The first kappa shape index (κ1) is 11.6. The van der Waals surface area contributed by atoms with E-state index in [1.54, 1.807) is 0 Å². The smallest absolute Gasteiger partial charge is 0.0661 e. The van der Waals surface area contributed by atoms with Gasteiger partial charge in [0, 0.05) is 12.2 Å². The maximum atomic E-state index is 4.59. The fraction of sp³-hybridized carbons (Fsp3) is 0.462. The van der Waals surface area contributed by atoms with Crippen LogP contribution >= 0.6 is 12.4 Å². The van der Waals surface area contributed by atoms with Crippen LogP contribution in [0.25, 0.3) is 5.57 Å². The number of halogens is 1. The summed E-state index contributed by atoms with van der Waals surface area (Å²) in [6.07, 6.45) is 3.63. The van der Waals surface area contributed by atoms with Crippen LogP contribution in [0.1, 0.15) is 17.8 Å². The van der Waals surface area contributed by atoms with Crippen molar-refractivity contribution in [3.8, 4) is 0 Å². The monoisotopic (exact) mass is 236 g/mol. The molecule has 0 aromatic carbocycles. The van der Waals surface area contributed by atoms with Crippen LogP contribution in [-0.2, 0) is 0 Å². The zero-order chi connectivity index (χ0) is 10.3. The molecule has 1 N–H and O–H groups in total. The highest BCUT2D eigenvalue weighted by Crippen LogP contribution is 2.37. The number of nitrogens with one attached hydrogen (secondary N) is 1. The molecule has 1 saturated heterocycles. The van der Waals surface area contributed by atoms with Crippen LogP contribution in [0.4, 0.5) is 0 Å². The highest BCUT2D eigenvalue weighted by molar-refractivity contribution is 5.85. The van der Waals surface area contributed by atoms with Gasteiger partial charge in [0.2, 0.25) is 0 Å². The second-order valence-corrected chi connectivity index (χ2v) is 4.64. The lowest BCUT2D eigenvalue weighted by molar-refractivity contribution is 0.536. The van der Waals surface area contributed by atoms with E-state index in [0.29, 0.717) is 0 Å². The third-order valence-corrected chi connectivity index (χ3v) is 3.51. The predicted octanol–water partition coefficient (Wildman–Crippen LogP) is 2.43. The van der Waals surface area contributed by atoms with Crippen molar-refractivity contribution in [1.29, 1.82) is 0 Å². The minimum absolute atomic E-state index is 0. The van der Waals surface area contributed by atoms with Crippen LogP contribution in [0.3, 0.4) is 0 Å². The number of aryl methyl sites for hydroxylation is 1. The summed E-state index contributed by atoms with van der Waals surface area (Å²) in [6, 6.07) is 6.29. The van der Waals surface area contributed by atoms with Gasteiger partial charge in [0.25, 0.3) is 0 Å². The second-order valence-electron chi connectivity index (χ2n) is 4.64. The molecule has 0 radical (unpaired) electrons. The van der Waals surface area contributed by atoms with E-state index in [0.717, 1.165) is 24.1 Å². The van der Waals surface area contributed by atoms with Gasteiger partial charge >= 0.3 is 0 Å². The maximum Gasteiger partial charge on any atom is 0.0661 e. The zero-order valence-corrected chi connectivity index (χ0v) is 10.3. The number of hydrogen-bond donors (Lipinski definition) is 1. The minimum atomic E-state index is 0. The molecule has 0 spiro atoms. The Labute approximate surface area is 103 Å². The molecule has 2 heterocycles. The van der Waals surface area contributed by atoms with E-state index in [-0.39, 0.29) is 12.4 Å². The Morgan fingerprint density at radius 2 is 2.19 bits per heavy atom. The highest BCUT2D eigenvalue weighted by atomic mass is 35.5. The number of rotatable bonds is 1. The molecule has 3 heteroatoms. The lowest BCUT2D eigenvalue weighted by Crippen LogP contribution is -2.09. The second kappa shape index (κ2) is 4.56. The third-order valence-electron chi connectivity index (χ3n) is 3.51. The average Bonchev–Trinajstić information content (AvgIpc) is 2.76. The van der Waals surface area contributed by atoms with Gasteiger partial charge in [0.05, 0.1) is 5.69 Å². The number of nitrogens with zero attached hydrogens (tertiary/aromatic N) is 1.